The molecule has 0 radical (unpaired) electrons. The highest BCUT2D eigenvalue weighted by Gasteiger charge is 2.34. The van der Waals surface area contributed by atoms with Gasteiger partial charge in [-0.05, 0) is 91.3 Å². The van der Waals surface area contributed by atoms with Crippen LogP contribution in [0.5, 0.6) is 0 Å². The maximum atomic E-state index is 15.0. The van der Waals surface area contributed by atoms with E-state index in [4.69, 9.17) is 9.47 Å². The van der Waals surface area contributed by atoms with Crippen molar-refractivity contribution < 1.29 is 36.6 Å². The van der Waals surface area contributed by atoms with Gasteiger partial charge in [0, 0.05) is 41.7 Å². The molecule has 4 rings (SSSR count). The van der Waals surface area contributed by atoms with Crippen molar-refractivity contribution >= 4 is 23.8 Å². The number of hydrazine groups is 1. The van der Waals surface area contributed by atoms with Crippen molar-refractivity contribution in [3.05, 3.63) is 77.4 Å². The smallest absolute Gasteiger partial charge is 0.406 e. The minimum atomic E-state index is -4.54. The summed E-state index contributed by atoms with van der Waals surface area (Å²) in [6.45, 7) is 5.39. The molecule has 8 nitrogen and oxygen atoms in total. The number of unbranched alkanes of at least 4 members (excludes halogenated alkanes) is 3. The maximum absolute atomic E-state index is 15.0. The van der Waals surface area contributed by atoms with Crippen molar-refractivity contribution in [2.45, 2.75) is 78.1 Å². The van der Waals surface area contributed by atoms with Crippen molar-refractivity contribution in [2.75, 3.05) is 20.3 Å². The highest BCUT2D eigenvalue weighted by Crippen LogP contribution is 2.43. The number of pyridine rings is 1. The summed E-state index contributed by atoms with van der Waals surface area (Å²) in [4.78, 5) is 25.9. The summed E-state index contributed by atoms with van der Waals surface area (Å²) < 4.78 is 69.8. The quantitative estimate of drug-likeness (QED) is 0.0452. The molecule has 0 aliphatic carbocycles. The second-order valence-electron chi connectivity index (χ2n) is 13.0. The predicted octanol–water partition coefficient (Wildman–Crippen LogP) is 7.87. The lowest BCUT2D eigenvalue weighted by molar-refractivity contribution is -0.139. The molecule has 2 heterocycles. The van der Waals surface area contributed by atoms with Gasteiger partial charge in [-0.1, -0.05) is 38.8 Å². The third-order valence-corrected chi connectivity index (χ3v) is 8.50. The number of ether oxygens (including phenoxy) is 2. The van der Waals surface area contributed by atoms with E-state index in [1.165, 1.54) is 23.8 Å². The number of aryl methyl sites for hydroxylation is 1. The summed E-state index contributed by atoms with van der Waals surface area (Å²) in [6, 6.07) is 13.5. The fraction of sp³-hybridized carbons (Fsp3) is 0.432. The summed E-state index contributed by atoms with van der Waals surface area (Å²) in [5, 5.41) is 0.583. The van der Waals surface area contributed by atoms with Gasteiger partial charge in [0.15, 0.2) is 0 Å². The lowest BCUT2D eigenvalue weighted by Crippen LogP contribution is -2.30. The average molecular weight is 685 g/mol. The molecule has 1 atom stereocenters. The van der Waals surface area contributed by atoms with Gasteiger partial charge in [-0.2, -0.15) is 13.2 Å². The van der Waals surface area contributed by atoms with Crippen LogP contribution in [0.2, 0.25) is 0 Å². The summed E-state index contributed by atoms with van der Waals surface area (Å²) in [5.74, 6) is -0.395. The molecule has 0 fully saturated rings. The Morgan fingerprint density at radius 3 is 2.49 bits per heavy atom. The number of methoxy groups -OCH3 is 1. The van der Waals surface area contributed by atoms with Gasteiger partial charge in [0.25, 0.3) is 6.47 Å². The van der Waals surface area contributed by atoms with Gasteiger partial charge in [0.2, 0.25) is 6.41 Å². The van der Waals surface area contributed by atoms with E-state index >= 15 is 0 Å². The Morgan fingerprint density at radius 2 is 1.78 bits per heavy atom. The molecular weight excluding hydrogens is 640 g/mol. The molecule has 0 spiro atoms. The van der Waals surface area contributed by atoms with Crippen LogP contribution >= 0.6 is 0 Å². The van der Waals surface area contributed by atoms with Crippen molar-refractivity contribution in [3.8, 4) is 22.4 Å². The molecule has 0 saturated carbocycles. The van der Waals surface area contributed by atoms with Gasteiger partial charge in [-0.3, -0.25) is 20.0 Å². The highest BCUT2D eigenvalue weighted by atomic mass is 19.4. The molecule has 1 amide bonds. The number of carbonyl (C=O) groups is 2. The zero-order chi connectivity index (χ0) is 35.6. The lowest BCUT2D eigenvalue weighted by atomic mass is 9.84. The molecule has 0 bridgehead atoms. The van der Waals surface area contributed by atoms with Crippen LogP contribution in [-0.2, 0) is 38.4 Å². The summed E-state index contributed by atoms with van der Waals surface area (Å²) >= 11 is 0. The fourth-order valence-corrected chi connectivity index (χ4v) is 6.25. The van der Waals surface area contributed by atoms with Crippen LogP contribution in [0.1, 0.15) is 69.4 Å². The van der Waals surface area contributed by atoms with E-state index in [1.807, 2.05) is 26.0 Å². The van der Waals surface area contributed by atoms with Gasteiger partial charge in [0.05, 0.1) is 24.1 Å². The number of nitrogens with zero attached hydrogens (tertiary/aromatic N) is 2. The number of hydrogen-bond donors (Lipinski definition) is 2. The Kier molecular flexibility index (Phi) is 12.9. The first kappa shape index (κ1) is 37.5. The van der Waals surface area contributed by atoms with Gasteiger partial charge < -0.3 is 14.0 Å². The topological polar surface area (TPSA) is 94.5 Å². The van der Waals surface area contributed by atoms with Crippen LogP contribution in [0.4, 0.5) is 17.6 Å². The number of alkyl halides is 3. The zero-order valence-corrected chi connectivity index (χ0v) is 28.3. The molecule has 12 heteroatoms. The molecule has 1 unspecified atom stereocenters. The Labute approximate surface area is 284 Å². The average Bonchev–Trinajstić information content (AvgIpc) is 3.34. The number of benzene rings is 2. The van der Waals surface area contributed by atoms with Gasteiger partial charge >= 0.3 is 6.18 Å². The molecule has 0 saturated heterocycles. The van der Waals surface area contributed by atoms with Crippen LogP contribution in [0, 0.1) is 11.2 Å². The minimum absolute atomic E-state index is 0.0509. The largest absolute Gasteiger partial charge is 0.467 e. The Bertz CT molecular complexity index is 1720. The number of carbonyl (C=O) groups excluding carboxylic acids is 2. The van der Waals surface area contributed by atoms with E-state index in [0.29, 0.717) is 70.4 Å². The molecule has 49 heavy (non-hydrogen) atoms. The lowest BCUT2D eigenvalue weighted by Gasteiger charge is -2.25. The first-order valence-electron chi connectivity index (χ1n) is 16.3. The fourth-order valence-electron chi connectivity index (χ4n) is 6.25. The maximum Gasteiger partial charge on any atom is 0.406 e. The molecule has 0 aliphatic rings. The molecule has 264 valence electrons. The second kappa shape index (κ2) is 16.9. The van der Waals surface area contributed by atoms with Crippen LogP contribution in [-0.4, -0.2) is 48.9 Å². The van der Waals surface area contributed by atoms with Gasteiger partial charge in [-0.25, -0.2) is 9.82 Å². The van der Waals surface area contributed by atoms with Gasteiger partial charge in [0.1, 0.15) is 12.4 Å². The SMILES string of the molecule is COC(C)c1ncccc1-c1c(CC(C)(C)COC=O)c2cc(-c3cc(F)cc(CCCCCCNNC=O)c3)ccc2n1CC(F)(F)F. The number of aromatic nitrogens is 2. The number of halogens is 4. The number of rotatable bonds is 19. The van der Waals surface area contributed by atoms with Crippen molar-refractivity contribution in [2.24, 2.45) is 5.41 Å². The first-order chi connectivity index (χ1) is 23.4. The monoisotopic (exact) mass is 684 g/mol. The van der Waals surface area contributed by atoms with E-state index in [1.54, 1.807) is 37.4 Å². The Balaban J connectivity index is 1.83. The van der Waals surface area contributed by atoms with Crippen LogP contribution in [0.3, 0.4) is 0 Å². The van der Waals surface area contributed by atoms with Crippen LogP contribution in [0.25, 0.3) is 33.3 Å². The highest BCUT2D eigenvalue weighted by molar-refractivity contribution is 5.95. The molecule has 2 aromatic carbocycles. The van der Waals surface area contributed by atoms with Crippen molar-refractivity contribution in [1.82, 2.24) is 20.4 Å². The number of fused-ring (bicyclic) bond motifs is 1. The second-order valence-corrected chi connectivity index (χ2v) is 13.0. The Morgan fingerprint density at radius 1 is 1.00 bits per heavy atom. The van der Waals surface area contributed by atoms with E-state index in [2.05, 4.69) is 15.8 Å². The normalized spacial score (nSPS) is 12.7. The molecule has 2 aromatic heterocycles. The summed E-state index contributed by atoms with van der Waals surface area (Å²) in [6.07, 6.45) is 1.66. The summed E-state index contributed by atoms with van der Waals surface area (Å²) in [5.41, 5.74) is 9.02. The van der Waals surface area contributed by atoms with Crippen molar-refractivity contribution in [1.29, 1.82) is 0 Å². The molecule has 4 aromatic rings. The third kappa shape index (κ3) is 10.1. The van der Waals surface area contributed by atoms with E-state index in [0.717, 1.165) is 31.2 Å². The zero-order valence-electron chi connectivity index (χ0n) is 28.3. The van der Waals surface area contributed by atoms with E-state index in [-0.39, 0.29) is 13.0 Å². The molecule has 2 N–H and O–H groups in total. The molecule has 0 aliphatic heterocycles. The first-order valence-corrected chi connectivity index (χ1v) is 16.3. The van der Waals surface area contributed by atoms with Crippen molar-refractivity contribution in [3.63, 3.8) is 0 Å². The van der Waals surface area contributed by atoms with Gasteiger partial charge in [-0.15, -0.1) is 0 Å². The summed E-state index contributed by atoms with van der Waals surface area (Å²) in [7, 11) is 1.52. The third-order valence-electron chi connectivity index (χ3n) is 8.50. The number of hydrogen-bond acceptors (Lipinski definition) is 6. The van der Waals surface area contributed by atoms with Crippen LogP contribution in [0.15, 0.2) is 54.7 Å². The molecular formula is C37H44F4N4O4. The minimum Gasteiger partial charge on any atom is -0.467 e. The Hall–Kier alpha value is -4.29. The van der Waals surface area contributed by atoms with E-state index in [9.17, 15) is 27.2 Å². The number of nitrogens with one attached hydrogen (secondary N) is 2. The van der Waals surface area contributed by atoms with E-state index < -0.39 is 30.1 Å². The van der Waals surface area contributed by atoms with Crippen LogP contribution < -0.4 is 10.9 Å². The predicted molar refractivity (Wildman–Crippen MR) is 181 cm³/mol. The standard InChI is InChI=1S/C37H44F4N4O4/c1-25(48-4)34-30(11-9-14-42-34)35-32(20-36(2,3)22-49-24-47)31-19-27(12-13-33(31)45(35)21-37(39,40)41)28-16-26(17-29(38)18-28)10-7-5-6-8-15-43-44-23-46/h9,11-14,16-19,23-25,43H,5-8,10,15,20-22H2,1-4H3,(H,44,46). The number of amides is 1.